The Morgan fingerprint density at radius 3 is 0.731 bits per heavy atom. The minimum atomic E-state index is -4.95. The Kier molecular flexibility index (Phi) is 65.9. The zero-order valence-corrected chi connectivity index (χ0v) is 62.2. The number of carbonyl (C=O) groups is 4. The van der Waals surface area contributed by atoms with Crippen molar-refractivity contribution in [3.63, 3.8) is 0 Å². The van der Waals surface area contributed by atoms with Crippen LogP contribution in [0, 0.1) is 5.92 Å². The molecule has 0 aromatic carbocycles. The van der Waals surface area contributed by atoms with E-state index >= 15 is 0 Å². The van der Waals surface area contributed by atoms with Gasteiger partial charge in [0.05, 0.1) is 26.4 Å². The Morgan fingerprint density at radius 2 is 0.495 bits per heavy atom. The van der Waals surface area contributed by atoms with Crippen molar-refractivity contribution in [3.05, 3.63) is 0 Å². The van der Waals surface area contributed by atoms with Crippen LogP contribution in [-0.4, -0.2) is 96.7 Å². The van der Waals surface area contributed by atoms with Gasteiger partial charge in [0, 0.05) is 25.7 Å². The van der Waals surface area contributed by atoms with Crippen LogP contribution in [-0.2, 0) is 65.4 Å². The van der Waals surface area contributed by atoms with E-state index in [-0.39, 0.29) is 25.7 Å². The maximum absolute atomic E-state index is 13.1. The number of ether oxygens (including phenoxy) is 4. The van der Waals surface area contributed by atoms with Gasteiger partial charge in [-0.05, 0) is 31.6 Å². The number of hydrogen-bond acceptors (Lipinski definition) is 15. The first-order valence-corrected chi connectivity index (χ1v) is 41.6. The van der Waals surface area contributed by atoms with Gasteiger partial charge >= 0.3 is 39.5 Å². The van der Waals surface area contributed by atoms with Gasteiger partial charge in [0.1, 0.15) is 19.3 Å². The molecule has 0 saturated carbocycles. The van der Waals surface area contributed by atoms with E-state index in [0.717, 1.165) is 96.3 Å². The standard InChI is InChI=1S/C74H144O17P2/c1-6-9-12-15-18-21-24-27-29-32-34-37-42-47-52-57-71(76)84-63-69(90-74(79)60-55-50-44-39-36-33-30-28-25-22-19-16-13-10-7-2)65-88-92(80,81)86-61-68(75)62-87-93(82,83)89-66-70(64-85-72(77)58-53-48-45-40-41-46-51-56-67(4)5)91-73(78)59-54-49-43-38-35-31-26-23-20-17-14-11-8-3/h67-70,75H,6-66H2,1-5H3,(H,80,81)(H,82,83)/t68-,69-,70-/m1/s1. The van der Waals surface area contributed by atoms with Crippen LogP contribution >= 0.6 is 15.6 Å². The fourth-order valence-corrected chi connectivity index (χ4v) is 12.9. The molecule has 0 aliphatic heterocycles. The lowest BCUT2D eigenvalue weighted by Crippen LogP contribution is -2.30. The summed E-state index contributed by atoms with van der Waals surface area (Å²) in [7, 11) is -9.91. The van der Waals surface area contributed by atoms with Gasteiger partial charge in [0.2, 0.25) is 0 Å². The van der Waals surface area contributed by atoms with Gasteiger partial charge in [0.15, 0.2) is 12.2 Å². The molecule has 552 valence electrons. The molecular formula is C74H144O17P2. The van der Waals surface area contributed by atoms with Crippen molar-refractivity contribution in [1.29, 1.82) is 0 Å². The van der Waals surface area contributed by atoms with Crippen molar-refractivity contribution >= 4 is 39.5 Å². The molecule has 0 rings (SSSR count). The van der Waals surface area contributed by atoms with Crippen LogP contribution in [0.4, 0.5) is 0 Å². The molecule has 93 heavy (non-hydrogen) atoms. The highest BCUT2D eigenvalue weighted by molar-refractivity contribution is 7.47. The molecule has 0 heterocycles. The lowest BCUT2D eigenvalue weighted by molar-refractivity contribution is -0.161. The molecule has 0 radical (unpaired) electrons. The third-order valence-corrected chi connectivity index (χ3v) is 19.2. The first-order chi connectivity index (χ1) is 45.0. The second-order valence-corrected chi connectivity index (χ2v) is 30.1. The number of unbranched alkanes of at least 4 members (excludes halogenated alkanes) is 46. The molecule has 5 atom stereocenters. The van der Waals surface area contributed by atoms with E-state index in [2.05, 4.69) is 34.6 Å². The van der Waals surface area contributed by atoms with Crippen molar-refractivity contribution in [1.82, 2.24) is 0 Å². The summed E-state index contributed by atoms with van der Waals surface area (Å²) in [5.74, 6) is -1.41. The SMILES string of the molecule is CCCCCCCCCCCCCCCCCC(=O)OC[C@H](COP(=O)(O)OC[C@@H](O)COP(=O)(O)OC[C@@H](COC(=O)CCCCCCCCCC(C)C)OC(=O)CCCCCCCCCCCCCCC)OC(=O)CCCCCCCCCCCCCCCCC. The largest absolute Gasteiger partial charge is 0.472 e. The van der Waals surface area contributed by atoms with Crippen molar-refractivity contribution in [3.8, 4) is 0 Å². The second kappa shape index (κ2) is 67.3. The second-order valence-electron chi connectivity index (χ2n) is 27.2. The Hall–Kier alpha value is -1.94. The quantitative estimate of drug-likeness (QED) is 0.0222. The first kappa shape index (κ1) is 91.1. The van der Waals surface area contributed by atoms with Crippen molar-refractivity contribution in [2.45, 2.75) is 406 Å². The lowest BCUT2D eigenvalue weighted by atomic mass is 10.0. The molecular weight excluding hydrogens is 1220 g/mol. The summed E-state index contributed by atoms with van der Waals surface area (Å²) >= 11 is 0. The summed E-state index contributed by atoms with van der Waals surface area (Å²) in [6.07, 6.45) is 55.4. The molecule has 0 saturated heterocycles. The molecule has 0 spiro atoms. The van der Waals surface area contributed by atoms with Crippen molar-refractivity contribution < 1.29 is 80.2 Å². The third kappa shape index (κ3) is 68.4. The van der Waals surface area contributed by atoms with E-state index in [1.807, 2.05) is 0 Å². The zero-order chi connectivity index (χ0) is 68.4. The maximum atomic E-state index is 13.1. The summed E-state index contributed by atoms with van der Waals surface area (Å²) in [6, 6.07) is 0. The van der Waals surface area contributed by atoms with Crippen LogP contribution in [0.3, 0.4) is 0 Å². The van der Waals surface area contributed by atoms with Crippen LogP contribution in [0.15, 0.2) is 0 Å². The Morgan fingerprint density at radius 1 is 0.290 bits per heavy atom. The number of phosphoric ester groups is 2. The maximum Gasteiger partial charge on any atom is 0.472 e. The van der Waals surface area contributed by atoms with Crippen LogP contribution in [0.2, 0.25) is 0 Å². The zero-order valence-electron chi connectivity index (χ0n) is 60.4. The highest BCUT2D eigenvalue weighted by atomic mass is 31.2. The minimum Gasteiger partial charge on any atom is -0.462 e. The summed E-state index contributed by atoms with van der Waals surface area (Å²) in [6.45, 7) is 7.23. The number of carbonyl (C=O) groups excluding carboxylic acids is 4. The lowest BCUT2D eigenvalue weighted by Gasteiger charge is -2.21. The highest BCUT2D eigenvalue weighted by Crippen LogP contribution is 2.45. The summed E-state index contributed by atoms with van der Waals surface area (Å²) in [5.41, 5.74) is 0. The van der Waals surface area contributed by atoms with E-state index in [9.17, 15) is 43.2 Å². The molecule has 19 heteroatoms. The summed E-state index contributed by atoms with van der Waals surface area (Å²) in [5, 5.41) is 10.6. The van der Waals surface area contributed by atoms with Gasteiger partial charge < -0.3 is 33.8 Å². The normalized spacial score (nSPS) is 14.0. The molecule has 0 amide bonds. The van der Waals surface area contributed by atoms with Crippen LogP contribution in [0.5, 0.6) is 0 Å². The number of hydrogen-bond donors (Lipinski definition) is 3. The van der Waals surface area contributed by atoms with Crippen LogP contribution < -0.4 is 0 Å². The van der Waals surface area contributed by atoms with Gasteiger partial charge in [0.25, 0.3) is 0 Å². The number of aliphatic hydroxyl groups is 1. The van der Waals surface area contributed by atoms with E-state index in [0.29, 0.717) is 31.6 Å². The summed E-state index contributed by atoms with van der Waals surface area (Å²) in [4.78, 5) is 72.7. The molecule has 0 aromatic heterocycles. The van der Waals surface area contributed by atoms with Gasteiger partial charge in [-0.3, -0.25) is 37.3 Å². The van der Waals surface area contributed by atoms with Crippen molar-refractivity contribution in [2.75, 3.05) is 39.6 Å². The monoisotopic (exact) mass is 1370 g/mol. The fraction of sp³-hybridized carbons (Fsp3) is 0.946. The van der Waals surface area contributed by atoms with E-state index in [4.69, 9.17) is 37.0 Å². The number of esters is 4. The van der Waals surface area contributed by atoms with E-state index in [1.165, 1.54) is 205 Å². The topological polar surface area (TPSA) is 237 Å². The number of aliphatic hydroxyl groups excluding tert-OH is 1. The minimum absolute atomic E-state index is 0.107. The molecule has 0 fully saturated rings. The van der Waals surface area contributed by atoms with E-state index < -0.39 is 97.5 Å². The van der Waals surface area contributed by atoms with Crippen LogP contribution in [0.1, 0.15) is 388 Å². The average molecular weight is 1370 g/mol. The van der Waals surface area contributed by atoms with E-state index in [1.54, 1.807) is 0 Å². The van der Waals surface area contributed by atoms with Crippen molar-refractivity contribution in [2.24, 2.45) is 5.92 Å². The predicted molar refractivity (Wildman–Crippen MR) is 377 cm³/mol. The Balaban J connectivity index is 5.25. The van der Waals surface area contributed by atoms with Gasteiger partial charge in [-0.1, -0.05) is 336 Å². The first-order valence-electron chi connectivity index (χ1n) is 38.6. The highest BCUT2D eigenvalue weighted by Gasteiger charge is 2.30. The third-order valence-electron chi connectivity index (χ3n) is 17.3. The summed E-state index contributed by atoms with van der Waals surface area (Å²) < 4.78 is 68.5. The van der Waals surface area contributed by atoms with Crippen LogP contribution in [0.25, 0.3) is 0 Å². The molecule has 2 unspecified atom stereocenters. The number of phosphoric acid groups is 2. The molecule has 3 N–H and O–H groups in total. The Labute approximate surface area is 568 Å². The smallest absolute Gasteiger partial charge is 0.462 e. The predicted octanol–water partition coefficient (Wildman–Crippen LogP) is 21.7. The van der Waals surface area contributed by atoms with Gasteiger partial charge in [-0.15, -0.1) is 0 Å². The molecule has 0 aliphatic rings. The molecule has 17 nitrogen and oxygen atoms in total. The average Bonchev–Trinajstić information content (AvgIpc) is 3.37. The number of rotatable bonds is 74. The molecule has 0 aliphatic carbocycles. The molecule has 0 aromatic rings. The van der Waals surface area contributed by atoms with Gasteiger partial charge in [-0.25, -0.2) is 9.13 Å². The fourth-order valence-electron chi connectivity index (χ4n) is 11.4. The van der Waals surface area contributed by atoms with Gasteiger partial charge in [-0.2, -0.15) is 0 Å². The Bertz CT molecular complexity index is 1790. The molecule has 0 bridgehead atoms.